The Morgan fingerprint density at radius 2 is 2.29 bits per heavy atom. The van der Waals surface area contributed by atoms with Crippen LogP contribution < -0.4 is 16.6 Å². The van der Waals surface area contributed by atoms with Crippen molar-refractivity contribution in [2.75, 3.05) is 5.43 Å². The van der Waals surface area contributed by atoms with E-state index in [1.54, 1.807) is 23.8 Å². The van der Waals surface area contributed by atoms with Gasteiger partial charge in [0.1, 0.15) is 5.82 Å². The summed E-state index contributed by atoms with van der Waals surface area (Å²) in [5.74, 6) is 5.53. The van der Waals surface area contributed by atoms with Gasteiger partial charge in [0.25, 0.3) is 5.91 Å². The van der Waals surface area contributed by atoms with Gasteiger partial charge in [0, 0.05) is 17.3 Å². The predicted molar refractivity (Wildman–Crippen MR) is 65.3 cm³/mol. The molecule has 0 atom stereocenters. The van der Waals surface area contributed by atoms with Gasteiger partial charge in [-0.25, -0.2) is 10.8 Å². The lowest BCUT2D eigenvalue weighted by Crippen LogP contribution is -2.22. The number of nitrogens with two attached hydrogens (primary N) is 1. The summed E-state index contributed by atoms with van der Waals surface area (Å²) in [6.45, 7) is 0.473. The van der Waals surface area contributed by atoms with Gasteiger partial charge in [0.05, 0.1) is 17.6 Å². The third kappa shape index (κ3) is 2.99. The van der Waals surface area contributed by atoms with Crippen molar-refractivity contribution in [2.24, 2.45) is 5.84 Å². The first-order chi connectivity index (χ1) is 8.29. The van der Waals surface area contributed by atoms with Crippen LogP contribution in [0.2, 0.25) is 0 Å². The summed E-state index contributed by atoms with van der Waals surface area (Å²) in [5.41, 5.74) is 4.62. The second-order valence-corrected chi connectivity index (χ2v) is 4.20. The van der Waals surface area contributed by atoms with Crippen LogP contribution in [0.3, 0.4) is 0 Å². The number of nitrogens with one attached hydrogen (secondary N) is 2. The summed E-state index contributed by atoms with van der Waals surface area (Å²) in [6, 6.07) is 3.30. The third-order valence-corrected chi connectivity index (χ3v) is 2.86. The second-order valence-electron chi connectivity index (χ2n) is 3.23. The molecule has 7 heteroatoms. The topological polar surface area (TPSA) is 92.9 Å². The molecular formula is C10H11N5OS. The van der Waals surface area contributed by atoms with E-state index in [1.807, 2.05) is 0 Å². The molecule has 17 heavy (non-hydrogen) atoms. The van der Waals surface area contributed by atoms with Crippen molar-refractivity contribution in [3.05, 3.63) is 40.5 Å². The Labute approximate surface area is 102 Å². The predicted octanol–water partition coefficient (Wildman–Crippen LogP) is 0.754. The normalized spacial score (nSPS) is 9.94. The minimum absolute atomic E-state index is 0.172. The van der Waals surface area contributed by atoms with Gasteiger partial charge in [0.15, 0.2) is 0 Å². The Morgan fingerprint density at radius 3 is 2.88 bits per heavy atom. The van der Waals surface area contributed by atoms with Crippen LogP contribution in [0.4, 0.5) is 5.82 Å². The summed E-state index contributed by atoms with van der Waals surface area (Å²) in [6.07, 6.45) is 3.20. The smallest absolute Gasteiger partial charge is 0.253 e. The SMILES string of the molecule is NNc1ccc(C(=O)NCc2cncs2)cn1. The molecule has 0 aliphatic heterocycles. The molecule has 6 nitrogen and oxygen atoms in total. The lowest BCUT2D eigenvalue weighted by atomic mass is 10.2. The summed E-state index contributed by atoms with van der Waals surface area (Å²) in [4.78, 5) is 20.6. The molecule has 0 bridgehead atoms. The van der Waals surface area contributed by atoms with Crippen LogP contribution in [0, 0.1) is 0 Å². The molecule has 0 saturated heterocycles. The number of aromatic nitrogens is 2. The molecule has 0 saturated carbocycles. The summed E-state index contributed by atoms with van der Waals surface area (Å²) in [5, 5.41) is 2.78. The van der Waals surface area contributed by atoms with Crippen molar-refractivity contribution in [3.8, 4) is 0 Å². The highest BCUT2D eigenvalue weighted by Gasteiger charge is 2.06. The molecule has 0 spiro atoms. The fourth-order valence-corrected chi connectivity index (χ4v) is 1.75. The molecule has 2 aromatic heterocycles. The van der Waals surface area contributed by atoms with E-state index in [1.165, 1.54) is 17.5 Å². The molecule has 0 aromatic carbocycles. The molecule has 0 unspecified atom stereocenters. The monoisotopic (exact) mass is 249 g/mol. The molecule has 1 amide bonds. The molecule has 88 valence electrons. The van der Waals surface area contributed by atoms with Crippen molar-refractivity contribution in [2.45, 2.75) is 6.54 Å². The molecule has 2 heterocycles. The Hall–Kier alpha value is -1.99. The standard InChI is InChI=1S/C10H11N5OS/c11-15-9-2-1-7(3-13-9)10(16)14-5-8-4-12-6-17-8/h1-4,6H,5,11H2,(H,13,15)(H,14,16). The van der Waals surface area contributed by atoms with Gasteiger partial charge in [-0.1, -0.05) is 0 Å². The highest BCUT2D eigenvalue weighted by atomic mass is 32.1. The zero-order valence-corrected chi connectivity index (χ0v) is 9.70. The number of pyridine rings is 1. The summed E-state index contributed by atoms with van der Waals surface area (Å²) < 4.78 is 0. The minimum Gasteiger partial charge on any atom is -0.347 e. The average molecular weight is 249 g/mol. The van der Waals surface area contributed by atoms with Gasteiger partial charge in [0.2, 0.25) is 0 Å². The fraction of sp³-hybridized carbons (Fsp3) is 0.100. The van der Waals surface area contributed by atoms with E-state index in [-0.39, 0.29) is 5.91 Å². The number of thiazole rings is 1. The lowest BCUT2D eigenvalue weighted by molar-refractivity contribution is 0.0951. The van der Waals surface area contributed by atoms with Crippen LogP contribution in [-0.4, -0.2) is 15.9 Å². The number of carbonyl (C=O) groups is 1. The van der Waals surface area contributed by atoms with Crippen molar-refractivity contribution in [1.82, 2.24) is 15.3 Å². The maximum atomic E-state index is 11.7. The molecule has 4 N–H and O–H groups in total. The molecule has 0 radical (unpaired) electrons. The van der Waals surface area contributed by atoms with E-state index in [9.17, 15) is 4.79 Å². The number of rotatable bonds is 4. The van der Waals surface area contributed by atoms with E-state index < -0.39 is 0 Å². The van der Waals surface area contributed by atoms with Gasteiger partial charge in [-0.15, -0.1) is 11.3 Å². The van der Waals surface area contributed by atoms with Crippen molar-refractivity contribution in [3.63, 3.8) is 0 Å². The van der Waals surface area contributed by atoms with Crippen LogP contribution >= 0.6 is 11.3 Å². The van der Waals surface area contributed by atoms with Gasteiger partial charge in [-0.05, 0) is 12.1 Å². The van der Waals surface area contributed by atoms with Crippen LogP contribution in [0.15, 0.2) is 30.0 Å². The fourth-order valence-electron chi connectivity index (χ4n) is 1.21. The summed E-state index contributed by atoms with van der Waals surface area (Å²) >= 11 is 1.50. The Kier molecular flexibility index (Phi) is 3.63. The molecule has 0 fully saturated rings. The van der Waals surface area contributed by atoms with Crippen LogP contribution in [-0.2, 0) is 6.54 Å². The Balaban J connectivity index is 1.95. The molecule has 2 aromatic rings. The van der Waals surface area contributed by atoms with E-state index in [0.29, 0.717) is 17.9 Å². The van der Waals surface area contributed by atoms with Crippen LogP contribution in [0.25, 0.3) is 0 Å². The number of hydrogen-bond acceptors (Lipinski definition) is 6. The van der Waals surface area contributed by atoms with Crippen molar-refractivity contribution in [1.29, 1.82) is 0 Å². The van der Waals surface area contributed by atoms with Crippen LogP contribution in [0.1, 0.15) is 15.2 Å². The quantitative estimate of drug-likeness (QED) is 0.549. The number of nitrogens with zero attached hydrogens (tertiary/aromatic N) is 2. The number of anilines is 1. The maximum Gasteiger partial charge on any atom is 0.253 e. The van der Waals surface area contributed by atoms with Gasteiger partial charge in [-0.2, -0.15) is 0 Å². The first-order valence-electron chi connectivity index (χ1n) is 4.88. The zero-order chi connectivity index (χ0) is 12.1. The first kappa shape index (κ1) is 11.5. The molecular weight excluding hydrogens is 238 g/mol. The maximum absolute atomic E-state index is 11.7. The van der Waals surface area contributed by atoms with Crippen LogP contribution in [0.5, 0.6) is 0 Å². The largest absolute Gasteiger partial charge is 0.347 e. The second kappa shape index (κ2) is 5.37. The van der Waals surface area contributed by atoms with E-state index in [0.717, 1.165) is 4.88 Å². The molecule has 0 aliphatic rings. The van der Waals surface area contributed by atoms with Gasteiger partial charge >= 0.3 is 0 Å². The highest BCUT2D eigenvalue weighted by molar-refractivity contribution is 7.09. The zero-order valence-electron chi connectivity index (χ0n) is 8.88. The van der Waals surface area contributed by atoms with Gasteiger partial charge in [-0.3, -0.25) is 9.78 Å². The number of hydrogen-bond donors (Lipinski definition) is 3. The number of nitrogen functional groups attached to an aromatic ring is 1. The first-order valence-corrected chi connectivity index (χ1v) is 5.76. The molecule has 2 rings (SSSR count). The lowest BCUT2D eigenvalue weighted by Gasteiger charge is -2.04. The molecule has 0 aliphatic carbocycles. The highest BCUT2D eigenvalue weighted by Crippen LogP contribution is 2.06. The van der Waals surface area contributed by atoms with E-state index >= 15 is 0 Å². The number of amides is 1. The van der Waals surface area contributed by atoms with E-state index in [2.05, 4.69) is 20.7 Å². The average Bonchev–Trinajstić information content (AvgIpc) is 2.89. The van der Waals surface area contributed by atoms with E-state index in [4.69, 9.17) is 5.84 Å². The summed E-state index contributed by atoms with van der Waals surface area (Å²) in [7, 11) is 0. The third-order valence-electron chi connectivity index (χ3n) is 2.08. The van der Waals surface area contributed by atoms with Gasteiger partial charge < -0.3 is 10.7 Å². The van der Waals surface area contributed by atoms with Crippen molar-refractivity contribution < 1.29 is 4.79 Å². The minimum atomic E-state index is -0.172. The van der Waals surface area contributed by atoms with Crippen molar-refractivity contribution >= 4 is 23.1 Å². The number of hydrazine groups is 1. The number of carbonyl (C=O) groups excluding carboxylic acids is 1. The Bertz CT molecular complexity index is 482. The Morgan fingerprint density at radius 1 is 1.41 bits per heavy atom.